The molecule has 4 rings (SSSR count). The van der Waals surface area contributed by atoms with Crippen molar-refractivity contribution >= 4 is 45.5 Å². The first-order valence-electron chi connectivity index (χ1n) is 10.8. The molecule has 1 aliphatic heterocycles. The number of anilines is 1. The third-order valence-corrected chi connectivity index (χ3v) is 7.17. The van der Waals surface area contributed by atoms with Gasteiger partial charge in [0.2, 0.25) is 0 Å². The molecule has 8 heteroatoms. The normalized spacial score (nSPS) is 12.6. The maximum absolute atomic E-state index is 12.6. The van der Waals surface area contributed by atoms with E-state index in [1.807, 2.05) is 42.5 Å². The molecule has 1 N–H and O–H groups in total. The van der Waals surface area contributed by atoms with Gasteiger partial charge in [-0.1, -0.05) is 72.1 Å². The van der Waals surface area contributed by atoms with Gasteiger partial charge in [0.25, 0.3) is 5.91 Å². The molecule has 0 saturated carbocycles. The van der Waals surface area contributed by atoms with Crippen LogP contribution in [0.4, 0.5) is 5.69 Å². The van der Waals surface area contributed by atoms with Crippen molar-refractivity contribution in [3.8, 4) is 5.75 Å². The number of hydrogen-bond donors (Lipinski definition) is 1. The zero-order chi connectivity index (χ0) is 23.6. The van der Waals surface area contributed by atoms with Crippen molar-refractivity contribution in [2.45, 2.75) is 12.4 Å². The number of hydrogen-bond acceptors (Lipinski definition) is 7. The minimum atomic E-state index is -0.517. The summed E-state index contributed by atoms with van der Waals surface area (Å²) >= 11 is 3.34. The van der Waals surface area contributed by atoms with Gasteiger partial charge in [0, 0.05) is 17.2 Å². The van der Waals surface area contributed by atoms with Crippen molar-refractivity contribution in [3.05, 3.63) is 95.6 Å². The van der Waals surface area contributed by atoms with E-state index in [1.54, 1.807) is 59.9 Å². The van der Waals surface area contributed by atoms with Gasteiger partial charge >= 0.3 is 5.97 Å². The molecule has 34 heavy (non-hydrogen) atoms. The van der Waals surface area contributed by atoms with E-state index in [9.17, 15) is 9.59 Å². The van der Waals surface area contributed by atoms with Gasteiger partial charge in [0.05, 0.1) is 12.1 Å². The Hall–Kier alpha value is -3.23. The third kappa shape index (κ3) is 7.13. The van der Waals surface area contributed by atoms with Crippen LogP contribution in [-0.4, -0.2) is 35.2 Å². The molecule has 174 valence electrons. The van der Waals surface area contributed by atoms with E-state index in [2.05, 4.69) is 10.3 Å². The Morgan fingerprint density at radius 3 is 2.50 bits per heavy atom. The Morgan fingerprint density at radius 2 is 1.74 bits per heavy atom. The molecule has 0 bridgehead atoms. The fourth-order valence-electron chi connectivity index (χ4n) is 3.17. The first kappa shape index (κ1) is 23.9. The summed E-state index contributed by atoms with van der Waals surface area (Å²) in [6.45, 7) is 0.944. The van der Waals surface area contributed by atoms with Gasteiger partial charge in [-0.15, -0.1) is 0 Å². The van der Waals surface area contributed by atoms with Crippen LogP contribution in [0, 0.1) is 0 Å². The molecule has 0 aliphatic carbocycles. The van der Waals surface area contributed by atoms with Crippen LogP contribution >= 0.6 is 23.5 Å². The van der Waals surface area contributed by atoms with Crippen LogP contribution in [-0.2, 0) is 21.9 Å². The minimum Gasteiger partial charge on any atom is -0.489 e. The topological polar surface area (TPSA) is 77.0 Å². The third-order valence-electron chi connectivity index (χ3n) is 4.87. The quantitative estimate of drug-likeness (QED) is 0.403. The van der Waals surface area contributed by atoms with Gasteiger partial charge < -0.3 is 14.8 Å². The van der Waals surface area contributed by atoms with Crippen molar-refractivity contribution in [1.29, 1.82) is 0 Å². The molecule has 6 nitrogen and oxygen atoms in total. The molecular weight excluding hydrogens is 468 g/mol. The summed E-state index contributed by atoms with van der Waals surface area (Å²) in [5.41, 5.74) is 3.00. The van der Waals surface area contributed by atoms with E-state index < -0.39 is 11.9 Å². The number of carbonyl (C=O) groups is 2. The van der Waals surface area contributed by atoms with Crippen molar-refractivity contribution in [2.75, 3.05) is 24.2 Å². The lowest BCUT2D eigenvalue weighted by atomic mass is 10.1. The molecule has 0 spiro atoms. The van der Waals surface area contributed by atoms with Gasteiger partial charge in [-0.05, 0) is 41.5 Å². The van der Waals surface area contributed by atoms with E-state index >= 15 is 0 Å². The van der Waals surface area contributed by atoms with Crippen LogP contribution < -0.4 is 10.1 Å². The average molecular weight is 493 g/mol. The number of aliphatic imine (C=N–C) groups is 1. The average Bonchev–Trinajstić information content (AvgIpc) is 3.40. The number of nitrogens with one attached hydrogen (secondary N) is 1. The molecule has 3 aromatic carbocycles. The van der Waals surface area contributed by atoms with Gasteiger partial charge in [-0.3, -0.25) is 9.79 Å². The highest BCUT2D eigenvalue weighted by molar-refractivity contribution is 8.38. The standard InChI is InChI=1S/C26H24N2O4S2/c29-24(28-21-10-12-22(13-11-21)31-16-19-6-2-1-3-7-19)17-32-25(30)23-9-5-4-8-20(23)18-34-26-27-14-15-33-26/h1-13H,14-18H2,(H,28,29). The number of benzene rings is 3. The zero-order valence-electron chi connectivity index (χ0n) is 18.4. The molecular formula is C26H24N2O4S2. The lowest BCUT2D eigenvalue weighted by molar-refractivity contribution is -0.119. The maximum atomic E-state index is 12.6. The van der Waals surface area contributed by atoms with E-state index in [4.69, 9.17) is 9.47 Å². The largest absolute Gasteiger partial charge is 0.489 e. The number of ether oxygens (including phenoxy) is 2. The number of carbonyl (C=O) groups excluding carboxylic acids is 2. The molecule has 0 atom stereocenters. The predicted octanol–water partition coefficient (Wildman–Crippen LogP) is 5.40. The maximum Gasteiger partial charge on any atom is 0.338 e. The smallest absolute Gasteiger partial charge is 0.338 e. The summed E-state index contributed by atoms with van der Waals surface area (Å²) in [6.07, 6.45) is 0. The second-order valence-corrected chi connectivity index (χ2v) is 9.67. The van der Waals surface area contributed by atoms with Gasteiger partial charge in [0.1, 0.15) is 16.7 Å². The molecule has 1 aliphatic rings. The molecule has 1 heterocycles. The first-order valence-corrected chi connectivity index (χ1v) is 12.8. The van der Waals surface area contributed by atoms with Crippen LogP contribution in [0.3, 0.4) is 0 Å². The van der Waals surface area contributed by atoms with E-state index in [0.29, 0.717) is 29.4 Å². The summed E-state index contributed by atoms with van der Waals surface area (Å²) in [6, 6.07) is 24.2. The highest BCUT2D eigenvalue weighted by atomic mass is 32.2. The fourth-order valence-corrected chi connectivity index (χ4v) is 5.18. The van der Waals surface area contributed by atoms with Crippen molar-refractivity contribution in [2.24, 2.45) is 4.99 Å². The Labute approximate surface area is 207 Å². The Kier molecular flexibility index (Phi) is 8.65. The predicted molar refractivity (Wildman–Crippen MR) is 139 cm³/mol. The molecule has 0 radical (unpaired) electrons. The summed E-state index contributed by atoms with van der Waals surface area (Å²) in [7, 11) is 0. The number of esters is 1. The first-order chi connectivity index (χ1) is 16.7. The summed E-state index contributed by atoms with van der Waals surface area (Å²) < 4.78 is 12.1. The van der Waals surface area contributed by atoms with E-state index in [0.717, 1.165) is 27.8 Å². The monoisotopic (exact) mass is 492 g/mol. The Bertz CT molecular complexity index is 1150. The van der Waals surface area contributed by atoms with Crippen LogP contribution in [0.1, 0.15) is 21.5 Å². The lowest BCUT2D eigenvalue weighted by Gasteiger charge is -2.10. The highest BCUT2D eigenvalue weighted by Crippen LogP contribution is 2.26. The Balaban J connectivity index is 1.24. The van der Waals surface area contributed by atoms with Gasteiger partial charge in [0.15, 0.2) is 6.61 Å². The lowest BCUT2D eigenvalue weighted by Crippen LogP contribution is -2.21. The molecule has 3 aromatic rings. The van der Waals surface area contributed by atoms with Crippen molar-refractivity contribution < 1.29 is 19.1 Å². The van der Waals surface area contributed by atoms with E-state index in [1.165, 1.54) is 0 Å². The second kappa shape index (κ2) is 12.3. The summed E-state index contributed by atoms with van der Waals surface area (Å²) in [5, 5.41) is 2.73. The fraction of sp³-hybridized carbons (Fsp3) is 0.192. The number of thioether (sulfide) groups is 2. The highest BCUT2D eigenvalue weighted by Gasteiger charge is 2.16. The molecule has 0 fully saturated rings. The van der Waals surface area contributed by atoms with E-state index in [-0.39, 0.29) is 6.61 Å². The van der Waals surface area contributed by atoms with Crippen LogP contribution in [0.5, 0.6) is 5.75 Å². The van der Waals surface area contributed by atoms with Crippen molar-refractivity contribution in [1.82, 2.24) is 0 Å². The number of rotatable bonds is 9. The summed E-state index contributed by atoms with van der Waals surface area (Å²) in [4.78, 5) is 29.3. The minimum absolute atomic E-state index is 0.366. The number of nitrogens with zero attached hydrogens (tertiary/aromatic N) is 1. The zero-order valence-corrected chi connectivity index (χ0v) is 20.1. The Morgan fingerprint density at radius 1 is 0.971 bits per heavy atom. The van der Waals surface area contributed by atoms with Crippen LogP contribution in [0.25, 0.3) is 0 Å². The van der Waals surface area contributed by atoms with Crippen molar-refractivity contribution in [3.63, 3.8) is 0 Å². The second-order valence-electron chi connectivity index (χ2n) is 7.36. The SMILES string of the molecule is O=C(COC(=O)c1ccccc1CSC1=NCCS1)Nc1ccc(OCc2ccccc2)cc1. The van der Waals surface area contributed by atoms with Gasteiger partial charge in [-0.25, -0.2) is 4.79 Å². The molecule has 1 amide bonds. The molecule has 0 aromatic heterocycles. The van der Waals surface area contributed by atoms with Crippen LogP contribution in [0.2, 0.25) is 0 Å². The van der Waals surface area contributed by atoms with Crippen LogP contribution in [0.15, 0.2) is 83.9 Å². The van der Waals surface area contributed by atoms with Gasteiger partial charge in [-0.2, -0.15) is 0 Å². The molecule has 0 unspecified atom stereocenters. The molecule has 0 saturated heterocycles. The number of amides is 1. The summed E-state index contributed by atoms with van der Waals surface area (Å²) in [5.74, 6) is 1.41.